The van der Waals surface area contributed by atoms with Crippen molar-refractivity contribution in [2.75, 3.05) is 46.9 Å². The van der Waals surface area contributed by atoms with Crippen molar-refractivity contribution < 1.29 is 19.4 Å². The topological polar surface area (TPSA) is 83.0 Å². The number of nitrogens with zero attached hydrogens (tertiary/aromatic N) is 3. The largest absolute Gasteiger partial charge is 0.483 e. The van der Waals surface area contributed by atoms with Crippen molar-refractivity contribution in [3.05, 3.63) is 42.2 Å². The highest BCUT2D eigenvalue weighted by Gasteiger charge is 2.25. The predicted molar refractivity (Wildman–Crippen MR) is 99.2 cm³/mol. The zero-order chi connectivity index (χ0) is 18.9. The molecule has 1 unspecified atom stereocenters. The molecular formula is C19H25N3O4. The van der Waals surface area contributed by atoms with Gasteiger partial charge in [0.2, 0.25) is 0 Å². The fourth-order valence-corrected chi connectivity index (χ4v) is 3.13. The van der Waals surface area contributed by atoms with Crippen LogP contribution in [0.15, 0.2) is 36.5 Å². The van der Waals surface area contributed by atoms with Crippen molar-refractivity contribution in [1.29, 1.82) is 0 Å². The Kier molecular flexibility index (Phi) is 7.50. The first-order valence-electron chi connectivity index (χ1n) is 8.50. The maximum Gasteiger partial charge on any atom is 0.290 e. The van der Waals surface area contributed by atoms with E-state index in [1.54, 1.807) is 6.20 Å². The Morgan fingerprint density at radius 1 is 1.38 bits per heavy atom. The first kappa shape index (κ1) is 19.8. The summed E-state index contributed by atoms with van der Waals surface area (Å²) >= 11 is 0. The molecule has 0 saturated carbocycles. The Balaban J connectivity index is 0.000000758. The highest BCUT2D eigenvalue weighted by molar-refractivity contribution is 6.05. The number of amides is 1. The zero-order valence-electron chi connectivity index (χ0n) is 15.2. The van der Waals surface area contributed by atoms with Crippen molar-refractivity contribution in [3.8, 4) is 0 Å². The van der Waals surface area contributed by atoms with Crippen LogP contribution in [-0.2, 0) is 9.53 Å². The number of benzene rings is 1. The highest BCUT2D eigenvalue weighted by Crippen LogP contribution is 2.19. The van der Waals surface area contributed by atoms with Crippen molar-refractivity contribution in [3.63, 3.8) is 0 Å². The summed E-state index contributed by atoms with van der Waals surface area (Å²) in [4.78, 5) is 29.7. The van der Waals surface area contributed by atoms with Gasteiger partial charge < -0.3 is 19.6 Å². The summed E-state index contributed by atoms with van der Waals surface area (Å²) in [5.41, 5.74) is 0.536. The van der Waals surface area contributed by atoms with E-state index in [1.807, 2.05) is 49.3 Å². The molecule has 0 spiro atoms. The van der Waals surface area contributed by atoms with Crippen LogP contribution < -0.4 is 0 Å². The fourth-order valence-electron chi connectivity index (χ4n) is 3.13. The SMILES string of the molecule is CN(C)CC1COCCN(C(=O)c2nccc3ccccc23)C1.O=CO. The predicted octanol–water partition coefficient (Wildman–Crippen LogP) is 1.59. The van der Waals surface area contributed by atoms with E-state index in [0.29, 0.717) is 37.9 Å². The van der Waals surface area contributed by atoms with Gasteiger partial charge in [0.25, 0.3) is 12.4 Å². The van der Waals surface area contributed by atoms with Crippen molar-refractivity contribution >= 4 is 23.2 Å². The number of ether oxygens (including phenoxy) is 1. The molecule has 7 heteroatoms. The van der Waals surface area contributed by atoms with Crippen LogP contribution in [0.4, 0.5) is 0 Å². The number of hydrogen-bond donors (Lipinski definition) is 1. The first-order valence-corrected chi connectivity index (χ1v) is 8.50. The van der Waals surface area contributed by atoms with Gasteiger partial charge >= 0.3 is 0 Å². The first-order chi connectivity index (χ1) is 12.6. The van der Waals surface area contributed by atoms with Crippen LogP contribution in [-0.4, -0.2) is 79.2 Å². The standard InChI is InChI=1S/C18H23N3O2.CH2O2/c1-20(2)11-14-12-21(9-10-23-13-14)18(22)17-16-6-4-3-5-15(16)7-8-19-17;2-1-3/h3-8,14H,9-13H2,1-2H3;1H,(H,2,3). The molecule has 7 nitrogen and oxygen atoms in total. The van der Waals surface area contributed by atoms with E-state index in [-0.39, 0.29) is 12.4 Å². The maximum atomic E-state index is 13.0. The average Bonchev–Trinajstić information content (AvgIpc) is 2.86. The molecule has 1 aliphatic heterocycles. The second-order valence-electron chi connectivity index (χ2n) is 6.44. The Hall–Kier alpha value is -2.51. The summed E-state index contributed by atoms with van der Waals surface area (Å²) in [6.07, 6.45) is 1.71. The lowest BCUT2D eigenvalue weighted by atomic mass is 10.1. The highest BCUT2D eigenvalue weighted by atomic mass is 16.5. The molecule has 1 atom stereocenters. The number of carbonyl (C=O) groups excluding carboxylic acids is 1. The Morgan fingerprint density at radius 2 is 2.12 bits per heavy atom. The molecule has 1 aromatic heterocycles. The molecule has 3 rings (SSSR count). The van der Waals surface area contributed by atoms with Gasteiger partial charge in [-0.25, -0.2) is 0 Å². The van der Waals surface area contributed by atoms with Crippen LogP contribution in [0.3, 0.4) is 0 Å². The van der Waals surface area contributed by atoms with Crippen molar-refractivity contribution in [2.45, 2.75) is 0 Å². The molecule has 1 N–H and O–H groups in total. The summed E-state index contributed by atoms with van der Waals surface area (Å²) in [7, 11) is 4.09. The number of hydrogen-bond acceptors (Lipinski definition) is 5. The lowest BCUT2D eigenvalue weighted by Crippen LogP contribution is -2.39. The monoisotopic (exact) mass is 359 g/mol. The number of rotatable bonds is 3. The van der Waals surface area contributed by atoms with Crippen LogP contribution >= 0.6 is 0 Å². The molecule has 0 aliphatic carbocycles. The minimum absolute atomic E-state index is 0.00365. The van der Waals surface area contributed by atoms with E-state index in [2.05, 4.69) is 9.88 Å². The molecule has 26 heavy (non-hydrogen) atoms. The third-order valence-electron chi connectivity index (χ3n) is 4.12. The summed E-state index contributed by atoms with van der Waals surface area (Å²) < 4.78 is 5.67. The van der Waals surface area contributed by atoms with Crippen LogP contribution in [0.5, 0.6) is 0 Å². The van der Waals surface area contributed by atoms with Crippen LogP contribution in [0.25, 0.3) is 10.8 Å². The van der Waals surface area contributed by atoms with Gasteiger partial charge in [-0.3, -0.25) is 14.6 Å². The number of fused-ring (bicyclic) bond motifs is 1. The third kappa shape index (κ3) is 5.24. The average molecular weight is 359 g/mol. The van der Waals surface area contributed by atoms with E-state index in [9.17, 15) is 4.79 Å². The Morgan fingerprint density at radius 3 is 2.85 bits per heavy atom. The van der Waals surface area contributed by atoms with Gasteiger partial charge in [-0.1, -0.05) is 24.3 Å². The molecular weight excluding hydrogens is 334 g/mol. The molecule has 2 heterocycles. The summed E-state index contributed by atoms with van der Waals surface area (Å²) in [5, 5.41) is 8.84. The second kappa shape index (κ2) is 9.84. The van der Waals surface area contributed by atoms with Crippen LogP contribution in [0.1, 0.15) is 10.5 Å². The molecule has 1 fully saturated rings. The van der Waals surface area contributed by atoms with Crippen molar-refractivity contribution in [1.82, 2.24) is 14.8 Å². The fraction of sp³-hybridized carbons (Fsp3) is 0.421. The van der Waals surface area contributed by atoms with E-state index < -0.39 is 0 Å². The van der Waals surface area contributed by atoms with Gasteiger partial charge in [-0.15, -0.1) is 0 Å². The van der Waals surface area contributed by atoms with Gasteiger partial charge in [-0.05, 0) is 25.5 Å². The molecule has 0 bridgehead atoms. The number of carboxylic acid groups (broad SMARTS) is 1. The van der Waals surface area contributed by atoms with Gasteiger partial charge in [0.05, 0.1) is 13.2 Å². The summed E-state index contributed by atoms with van der Waals surface area (Å²) in [5.74, 6) is 0.322. The van der Waals surface area contributed by atoms with Crippen LogP contribution in [0.2, 0.25) is 0 Å². The van der Waals surface area contributed by atoms with Gasteiger partial charge in [0.1, 0.15) is 5.69 Å². The summed E-state index contributed by atoms with van der Waals surface area (Å²) in [6, 6.07) is 9.83. The Labute approximate surface area is 153 Å². The molecule has 1 aromatic carbocycles. The van der Waals surface area contributed by atoms with Crippen molar-refractivity contribution in [2.24, 2.45) is 5.92 Å². The van der Waals surface area contributed by atoms with Gasteiger partial charge in [0.15, 0.2) is 0 Å². The van der Waals surface area contributed by atoms with E-state index in [1.165, 1.54) is 0 Å². The molecule has 1 amide bonds. The molecule has 1 aliphatic rings. The summed E-state index contributed by atoms with van der Waals surface area (Å²) in [6.45, 7) is 3.27. The van der Waals surface area contributed by atoms with Gasteiger partial charge in [-0.2, -0.15) is 0 Å². The molecule has 0 radical (unpaired) electrons. The minimum Gasteiger partial charge on any atom is -0.483 e. The number of carbonyl (C=O) groups is 2. The van der Waals surface area contributed by atoms with E-state index in [4.69, 9.17) is 14.6 Å². The zero-order valence-corrected chi connectivity index (χ0v) is 15.2. The van der Waals surface area contributed by atoms with E-state index in [0.717, 1.165) is 17.3 Å². The molecule has 140 valence electrons. The number of pyridine rings is 1. The second-order valence-corrected chi connectivity index (χ2v) is 6.44. The molecule has 1 saturated heterocycles. The lowest BCUT2D eigenvalue weighted by molar-refractivity contribution is -0.122. The van der Waals surface area contributed by atoms with E-state index >= 15 is 0 Å². The maximum absolute atomic E-state index is 13.0. The minimum atomic E-state index is -0.250. The van der Waals surface area contributed by atoms with Crippen LogP contribution in [0, 0.1) is 5.92 Å². The molecule has 2 aromatic rings. The lowest BCUT2D eigenvalue weighted by Gasteiger charge is -2.25. The normalized spacial score (nSPS) is 17.3. The smallest absolute Gasteiger partial charge is 0.290 e. The Bertz CT molecular complexity index is 730. The number of aromatic nitrogens is 1. The quantitative estimate of drug-likeness (QED) is 0.838. The van der Waals surface area contributed by atoms with Gasteiger partial charge in [0, 0.05) is 37.1 Å². The third-order valence-corrected chi connectivity index (χ3v) is 4.12.